The number of nitrogens with one attached hydrogen (secondary N) is 2. The van der Waals surface area contributed by atoms with Crippen LogP contribution in [0.25, 0.3) is 0 Å². The fourth-order valence-corrected chi connectivity index (χ4v) is 3.33. The van der Waals surface area contributed by atoms with Crippen LogP contribution in [-0.2, 0) is 0 Å². The number of hydrogen-bond donors (Lipinski definition) is 2. The number of benzene rings is 2. The molecule has 1 heterocycles. The zero-order valence-corrected chi connectivity index (χ0v) is 15.5. The molecule has 2 aromatic rings. The molecule has 0 saturated carbocycles. The number of piperidine rings is 1. The minimum atomic E-state index is -0.372. The molecule has 136 valence electrons. The van der Waals surface area contributed by atoms with Gasteiger partial charge in [-0.3, -0.25) is 4.79 Å². The summed E-state index contributed by atoms with van der Waals surface area (Å²) in [7, 11) is 2.08. The molecule has 1 aliphatic heterocycles. The van der Waals surface area contributed by atoms with Gasteiger partial charge < -0.3 is 15.5 Å². The van der Waals surface area contributed by atoms with Crippen molar-refractivity contribution in [1.82, 2.24) is 4.90 Å². The number of anilines is 2. The molecule has 0 unspecified atom stereocenters. The maximum atomic E-state index is 13.7. The van der Waals surface area contributed by atoms with Gasteiger partial charge >= 0.3 is 0 Å². The van der Waals surface area contributed by atoms with Gasteiger partial charge in [0.15, 0.2) is 10.9 Å². The molecular weight excluding hydrogens is 349 g/mol. The van der Waals surface area contributed by atoms with Crippen molar-refractivity contribution < 1.29 is 9.18 Å². The van der Waals surface area contributed by atoms with Gasteiger partial charge in [-0.1, -0.05) is 24.3 Å². The fraction of sp³-hybridized carbons (Fsp3) is 0.300. The summed E-state index contributed by atoms with van der Waals surface area (Å²) in [6.45, 7) is 1.90. The normalized spacial score (nSPS) is 15.5. The number of nitrogens with zero attached hydrogens (tertiary/aromatic N) is 1. The highest BCUT2D eigenvalue weighted by Crippen LogP contribution is 2.23. The van der Waals surface area contributed by atoms with E-state index in [1.54, 1.807) is 24.3 Å². The van der Waals surface area contributed by atoms with Crippen LogP contribution in [0.2, 0.25) is 0 Å². The average Bonchev–Trinajstić information content (AvgIpc) is 2.64. The lowest BCUT2D eigenvalue weighted by Gasteiger charge is -2.28. The first-order valence-corrected chi connectivity index (χ1v) is 9.09. The van der Waals surface area contributed by atoms with Crippen LogP contribution in [-0.4, -0.2) is 35.9 Å². The molecule has 1 saturated heterocycles. The van der Waals surface area contributed by atoms with Gasteiger partial charge in [0, 0.05) is 17.2 Å². The lowest BCUT2D eigenvalue weighted by atomic mass is 9.89. The molecule has 6 heteroatoms. The van der Waals surface area contributed by atoms with Crippen molar-refractivity contribution in [3.05, 3.63) is 59.9 Å². The zero-order valence-electron chi connectivity index (χ0n) is 14.7. The molecule has 1 fully saturated rings. The number of Topliss-reactive ketones (excluding diaryl/α,β-unsaturated/α-hetero) is 1. The Morgan fingerprint density at radius 3 is 2.58 bits per heavy atom. The summed E-state index contributed by atoms with van der Waals surface area (Å²) in [5, 5.41) is 6.12. The van der Waals surface area contributed by atoms with Crippen LogP contribution in [0.15, 0.2) is 48.5 Å². The second-order valence-electron chi connectivity index (χ2n) is 6.58. The van der Waals surface area contributed by atoms with Crippen molar-refractivity contribution in [2.75, 3.05) is 30.8 Å². The summed E-state index contributed by atoms with van der Waals surface area (Å²) in [5.74, 6) is -0.123. The van der Waals surface area contributed by atoms with Crippen LogP contribution in [0.4, 0.5) is 15.8 Å². The lowest BCUT2D eigenvalue weighted by Crippen LogP contribution is -2.33. The number of para-hydroxylation sites is 1. The highest BCUT2D eigenvalue weighted by atomic mass is 32.1. The topological polar surface area (TPSA) is 44.4 Å². The van der Waals surface area contributed by atoms with Gasteiger partial charge in [0.05, 0.1) is 5.69 Å². The van der Waals surface area contributed by atoms with Crippen LogP contribution in [0.1, 0.15) is 23.2 Å². The maximum Gasteiger partial charge on any atom is 0.175 e. The van der Waals surface area contributed by atoms with Crippen molar-refractivity contribution >= 4 is 34.5 Å². The predicted molar refractivity (Wildman–Crippen MR) is 107 cm³/mol. The van der Waals surface area contributed by atoms with Crippen molar-refractivity contribution in [3.63, 3.8) is 0 Å². The van der Waals surface area contributed by atoms with Crippen LogP contribution in [0.3, 0.4) is 0 Å². The summed E-state index contributed by atoms with van der Waals surface area (Å²) in [4.78, 5) is 15.0. The second-order valence-corrected chi connectivity index (χ2v) is 6.99. The Morgan fingerprint density at radius 1 is 1.12 bits per heavy atom. The number of thiocarbonyl (C=S) groups is 1. The number of hydrogen-bond acceptors (Lipinski definition) is 3. The summed E-state index contributed by atoms with van der Waals surface area (Å²) in [6.07, 6.45) is 1.78. The Labute approximate surface area is 158 Å². The molecule has 0 atom stereocenters. The van der Waals surface area contributed by atoms with E-state index in [4.69, 9.17) is 12.2 Å². The SMILES string of the molecule is CN1CCC(C(=O)c2cccc(NC(=S)Nc3ccccc3F)c2)CC1. The Balaban J connectivity index is 1.64. The molecule has 2 aromatic carbocycles. The number of likely N-dealkylation sites (tertiary alicyclic amines) is 1. The first-order chi connectivity index (χ1) is 12.5. The van der Waals surface area contributed by atoms with E-state index < -0.39 is 0 Å². The Kier molecular flexibility index (Phi) is 5.96. The van der Waals surface area contributed by atoms with E-state index in [0.717, 1.165) is 25.9 Å². The standard InChI is InChI=1S/C20H22FN3OS/c1-24-11-9-14(10-12-24)19(25)15-5-4-6-16(13-15)22-20(26)23-18-8-3-2-7-17(18)21/h2-8,13-14H,9-12H2,1H3,(H2,22,23,26). The van der Waals surface area contributed by atoms with Gasteiger partial charge in [0.2, 0.25) is 0 Å². The van der Waals surface area contributed by atoms with E-state index in [1.165, 1.54) is 6.07 Å². The number of ketones is 1. The molecule has 0 radical (unpaired) electrons. The summed E-state index contributed by atoms with van der Waals surface area (Å²) in [5.41, 5.74) is 1.69. The monoisotopic (exact) mass is 371 g/mol. The second kappa shape index (κ2) is 8.38. The van der Waals surface area contributed by atoms with Crippen LogP contribution in [0.5, 0.6) is 0 Å². The van der Waals surface area contributed by atoms with Gasteiger partial charge in [-0.25, -0.2) is 4.39 Å². The quantitative estimate of drug-likeness (QED) is 0.624. The number of rotatable bonds is 4. The smallest absolute Gasteiger partial charge is 0.175 e. The molecule has 0 amide bonds. The van der Waals surface area contributed by atoms with Crippen molar-refractivity contribution in [2.24, 2.45) is 5.92 Å². The molecule has 3 rings (SSSR count). The highest BCUT2D eigenvalue weighted by Gasteiger charge is 2.24. The van der Waals surface area contributed by atoms with Gasteiger partial charge in [0.25, 0.3) is 0 Å². The first-order valence-electron chi connectivity index (χ1n) is 8.68. The number of carbonyl (C=O) groups excluding carboxylic acids is 1. The first kappa shape index (κ1) is 18.5. The van der Waals surface area contributed by atoms with Gasteiger partial charge in [-0.15, -0.1) is 0 Å². The van der Waals surface area contributed by atoms with Crippen molar-refractivity contribution in [1.29, 1.82) is 0 Å². The summed E-state index contributed by atoms with van der Waals surface area (Å²) < 4.78 is 13.7. The van der Waals surface area contributed by atoms with E-state index >= 15 is 0 Å². The molecule has 1 aliphatic rings. The van der Waals surface area contributed by atoms with Crippen molar-refractivity contribution in [3.8, 4) is 0 Å². The predicted octanol–water partition coefficient (Wildman–Crippen LogP) is 4.16. The molecule has 0 aromatic heterocycles. The van der Waals surface area contributed by atoms with Gasteiger partial charge in [0.1, 0.15) is 5.82 Å². The van der Waals surface area contributed by atoms with E-state index in [1.807, 2.05) is 18.2 Å². The van der Waals surface area contributed by atoms with E-state index in [0.29, 0.717) is 16.9 Å². The summed E-state index contributed by atoms with van der Waals surface area (Å²) in [6, 6.07) is 13.6. The number of halogens is 1. The minimum absolute atomic E-state index is 0.0740. The summed E-state index contributed by atoms with van der Waals surface area (Å²) >= 11 is 5.25. The average molecular weight is 371 g/mol. The Morgan fingerprint density at radius 2 is 1.85 bits per heavy atom. The molecule has 4 nitrogen and oxygen atoms in total. The minimum Gasteiger partial charge on any atom is -0.332 e. The maximum absolute atomic E-state index is 13.7. The van der Waals surface area contributed by atoms with E-state index in [-0.39, 0.29) is 22.6 Å². The molecule has 0 bridgehead atoms. The highest BCUT2D eigenvalue weighted by molar-refractivity contribution is 7.80. The zero-order chi connectivity index (χ0) is 18.5. The molecule has 0 aliphatic carbocycles. The van der Waals surface area contributed by atoms with Gasteiger partial charge in [-0.05, 0) is 69.5 Å². The molecular formula is C20H22FN3OS. The third-order valence-electron chi connectivity index (χ3n) is 4.62. The lowest BCUT2D eigenvalue weighted by molar-refractivity contribution is 0.0857. The van der Waals surface area contributed by atoms with Crippen molar-refractivity contribution in [2.45, 2.75) is 12.8 Å². The van der Waals surface area contributed by atoms with E-state index in [2.05, 4.69) is 22.6 Å². The molecule has 2 N–H and O–H groups in total. The third kappa shape index (κ3) is 4.65. The van der Waals surface area contributed by atoms with Crippen LogP contribution < -0.4 is 10.6 Å². The van der Waals surface area contributed by atoms with Gasteiger partial charge in [-0.2, -0.15) is 0 Å². The fourth-order valence-electron chi connectivity index (χ4n) is 3.10. The molecule has 26 heavy (non-hydrogen) atoms. The molecule has 0 spiro atoms. The number of carbonyl (C=O) groups is 1. The Bertz CT molecular complexity index is 803. The Hall–Kier alpha value is -2.31. The largest absolute Gasteiger partial charge is 0.332 e. The van der Waals surface area contributed by atoms with Crippen LogP contribution >= 0.6 is 12.2 Å². The van der Waals surface area contributed by atoms with Crippen LogP contribution in [0, 0.1) is 11.7 Å². The van der Waals surface area contributed by atoms with E-state index in [9.17, 15) is 9.18 Å². The third-order valence-corrected chi connectivity index (χ3v) is 4.82.